The van der Waals surface area contributed by atoms with Crippen LogP contribution in [-0.4, -0.2) is 433 Å². The van der Waals surface area contributed by atoms with Crippen molar-refractivity contribution in [3.63, 3.8) is 0 Å². The Balaban J connectivity index is 0.987. The van der Waals surface area contributed by atoms with E-state index in [9.17, 15) is 123 Å². The van der Waals surface area contributed by atoms with Crippen LogP contribution >= 0.6 is 11.8 Å². The molecule has 30 aliphatic rings. The molecule has 30 fully saturated rings. The molecule has 40 atom stereocenters. The maximum atomic E-state index is 11.7. The average molecular weight is 1360 g/mol. The minimum atomic E-state index is -2.25. The highest BCUT2D eigenvalue weighted by molar-refractivity contribution is 7.99. The molecule has 530 valence electrons. The third-order valence-corrected chi connectivity index (χ3v) is 18.3. The quantitative estimate of drug-likeness (QED) is 0.0854. The van der Waals surface area contributed by atoms with Crippen molar-refractivity contribution in [2.24, 2.45) is 0 Å². The molecule has 0 saturated carbocycles. The van der Waals surface area contributed by atoms with Crippen LogP contribution in [-0.2, 0) is 75.8 Å². The van der Waals surface area contributed by atoms with E-state index in [0.717, 1.165) is 11.8 Å². The molecular formula is C50H84O40S. The summed E-state index contributed by atoms with van der Waals surface area (Å²) in [7, 11) is 0. The summed E-state index contributed by atoms with van der Waals surface area (Å²) in [4.78, 5) is 0. The standard InChI is InChI=1S/C50H84O40S/c51-1-2-91-10-18-42-26(66)34(74)50(82-18)89-41-17(9-58)80-48(32(72)24(41)64)87-39-15(7-56)78-46(30(70)22(39)62)85-37-13(5-54)76-44(28(68)20(37)60)83-35-11(3-52)75-43(27(67)19(35)59)84-36-12(4-53)77-45(29(69)21(36)61)86-38-14(6-55)79-47(31(71)23(38)63)88-40-16(8-57)81-49(90-42)33(73)25(40)65/h11-74H,1-10H2/t11-,12-,13-,14-,15-,16-,17-,18-,19-,20-,21-,22-,23-,24-,25-,26-,27-,28-,29-,30-,31-,32-,33-,34-,35-,36-,37-,38-,39-,40-,41-,42-,43-,44-,45-,46-,47-,48-,49-,50-/m1/s1. The number of aliphatic hydroxyl groups is 24. The minimum absolute atomic E-state index is 0.0435. The maximum Gasteiger partial charge on any atom is 0.187 e. The van der Waals surface area contributed by atoms with E-state index in [0.29, 0.717) is 0 Å². The minimum Gasteiger partial charge on any atom is -0.396 e. The van der Waals surface area contributed by atoms with Crippen molar-refractivity contribution in [1.29, 1.82) is 0 Å². The third kappa shape index (κ3) is 15.2. The SMILES string of the molecule is OCCSC[C@H]1O[C@@H]2O[C@H]3[C@H](O)[C@@H](O)[C@@H](O[C@H]4[C@H](O)[C@@H](O)[C@@H](O[C@H]5[C@H](O)[C@@H](O)[C@@H](O[C@H]6[C@H](O)[C@@H](O)[C@@H](O[C@H]7[C@H](O)[C@@H](O)[C@@H](O[C@H]8[C@H](O)[C@@H](O)[C@@H](O[C@H]9[C@H](O)[C@@H](O)[C@@H](O[C@H]1[C@H](O)[C@H]2O)O[C@@H]9CO)O[C@@H]8CO)O[C@@H]7CO)O[C@@H]6CO)O[C@@H]5CO)O[C@@H]4CO)O[C@@H]3CO. The predicted molar refractivity (Wildman–Crippen MR) is 278 cm³/mol. The molecule has 30 heterocycles. The van der Waals surface area contributed by atoms with Crippen molar-refractivity contribution in [3.05, 3.63) is 0 Å². The van der Waals surface area contributed by atoms with Gasteiger partial charge in [0.2, 0.25) is 0 Å². The molecule has 0 aromatic rings. The lowest BCUT2D eigenvalue weighted by Crippen LogP contribution is -2.69. The first-order valence-electron chi connectivity index (χ1n) is 29.2. The van der Waals surface area contributed by atoms with Crippen molar-refractivity contribution in [1.82, 2.24) is 0 Å². The van der Waals surface area contributed by atoms with Gasteiger partial charge in [-0.25, -0.2) is 0 Å². The largest absolute Gasteiger partial charge is 0.396 e. The lowest BCUT2D eigenvalue weighted by atomic mass is 9.95. The molecule has 0 unspecified atom stereocenters. The number of ether oxygens (including phenoxy) is 16. The second-order valence-corrected chi connectivity index (χ2v) is 24.2. The zero-order valence-electron chi connectivity index (χ0n) is 47.8. The summed E-state index contributed by atoms with van der Waals surface area (Å²) in [5, 5.41) is 266. The molecule has 30 aliphatic heterocycles. The van der Waals surface area contributed by atoms with Gasteiger partial charge in [0.05, 0.1) is 59.0 Å². The van der Waals surface area contributed by atoms with Gasteiger partial charge in [-0.15, -0.1) is 0 Å². The van der Waals surface area contributed by atoms with Crippen molar-refractivity contribution in [3.8, 4) is 0 Å². The molecule has 0 aliphatic carbocycles. The van der Waals surface area contributed by atoms with Crippen LogP contribution < -0.4 is 0 Å². The second-order valence-electron chi connectivity index (χ2n) is 23.1. The zero-order valence-corrected chi connectivity index (χ0v) is 48.7. The highest BCUT2D eigenvalue weighted by atomic mass is 32.2. The number of rotatable bonds is 11. The Kier molecular flexibility index (Phi) is 26.2. The van der Waals surface area contributed by atoms with Crippen molar-refractivity contribution >= 4 is 11.8 Å². The summed E-state index contributed by atoms with van der Waals surface area (Å²) in [6.07, 6.45) is -80.9. The fourth-order valence-corrected chi connectivity index (χ4v) is 13.0. The molecule has 40 nitrogen and oxygen atoms in total. The smallest absolute Gasteiger partial charge is 0.187 e. The molecule has 41 heteroatoms. The number of hydrogen-bond donors (Lipinski definition) is 24. The van der Waals surface area contributed by atoms with Crippen LogP contribution in [0, 0.1) is 0 Å². The summed E-state index contributed by atoms with van der Waals surface area (Å²) >= 11 is 1.00. The maximum absolute atomic E-state index is 11.7. The summed E-state index contributed by atoms with van der Waals surface area (Å²) in [6.45, 7) is -7.88. The zero-order chi connectivity index (χ0) is 66.2. The van der Waals surface area contributed by atoms with Crippen LogP contribution in [0.15, 0.2) is 0 Å². The average Bonchev–Trinajstić information content (AvgIpc) is 0.814. The Morgan fingerprint density at radius 3 is 0.473 bits per heavy atom. The van der Waals surface area contributed by atoms with Crippen LogP contribution in [0.5, 0.6) is 0 Å². The van der Waals surface area contributed by atoms with Crippen LogP contribution in [0.1, 0.15) is 0 Å². The Morgan fingerprint density at radius 2 is 0.330 bits per heavy atom. The van der Waals surface area contributed by atoms with Gasteiger partial charge in [0, 0.05) is 11.5 Å². The van der Waals surface area contributed by atoms with E-state index >= 15 is 0 Å². The Hall–Kier alpha value is -1.25. The van der Waals surface area contributed by atoms with Gasteiger partial charge in [-0.05, 0) is 0 Å². The third-order valence-electron chi connectivity index (χ3n) is 17.2. The van der Waals surface area contributed by atoms with Gasteiger partial charge in [-0.3, -0.25) is 0 Å². The van der Waals surface area contributed by atoms with Gasteiger partial charge in [0.25, 0.3) is 0 Å². The van der Waals surface area contributed by atoms with Crippen LogP contribution in [0.4, 0.5) is 0 Å². The Labute approximate surface area is 519 Å². The van der Waals surface area contributed by atoms with E-state index in [1.165, 1.54) is 0 Å². The van der Waals surface area contributed by atoms with Crippen LogP contribution in [0.3, 0.4) is 0 Å². The van der Waals surface area contributed by atoms with Gasteiger partial charge >= 0.3 is 0 Å². The van der Waals surface area contributed by atoms with E-state index in [2.05, 4.69) is 0 Å². The number of hydrogen-bond acceptors (Lipinski definition) is 41. The molecule has 0 aromatic carbocycles. The van der Waals surface area contributed by atoms with E-state index in [4.69, 9.17) is 75.8 Å². The first kappa shape index (κ1) is 74.0. The van der Waals surface area contributed by atoms with E-state index in [-0.39, 0.29) is 18.1 Å². The molecule has 0 aromatic heterocycles. The number of aliphatic hydroxyl groups excluding tert-OH is 24. The van der Waals surface area contributed by atoms with Gasteiger partial charge < -0.3 is 198 Å². The predicted octanol–water partition coefficient (Wildman–Crippen LogP) is -16.7. The molecular weight excluding hydrogens is 1270 g/mol. The van der Waals surface area contributed by atoms with Gasteiger partial charge in [-0.2, -0.15) is 11.8 Å². The Bertz CT molecular complexity index is 2190. The first-order valence-corrected chi connectivity index (χ1v) is 30.4. The van der Waals surface area contributed by atoms with Gasteiger partial charge in [-0.1, -0.05) is 0 Å². The van der Waals surface area contributed by atoms with E-state index < -0.39 is 292 Å². The van der Waals surface area contributed by atoms with E-state index in [1.54, 1.807) is 0 Å². The number of thioether (sulfide) groups is 1. The second kappa shape index (κ2) is 32.2. The van der Waals surface area contributed by atoms with Gasteiger partial charge in [0.1, 0.15) is 189 Å². The monoisotopic (exact) mass is 1360 g/mol. The molecule has 0 radical (unpaired) electrons. The van der Waals surface area contributed by atoms with Crippen molar-refractivity contribution in [2.75, 3.05) is 64.4 Å². The lowest BCUT2D eigenvalue weighted by Gasteiger charge is -2.50. The summed E-state index contributed by atoms with van der Waals surface area (Å²) in [5.74, 6) is -0.175. The highest BCUT2D eigenvalue weighted by Crippen LogP contribution is 2.40. The van der Waals surface area contributed by atoms with E-state index in [1.807, 2.05) is 0 Å². The van der Waals surface area contributed by atoms with Crippen LogP contribution in [0.2, 0.25) is 0 Å². The molecule has 24 N–H and O–H groups in total. The molecule has 91 heavy (non-hydrogen) atoms. The summed E-state index contributed by atoms with van der Waals surface area (Å²) < 4.78 is 92.3. The summed E-state index contributed by atoms with van der Waals surface area (Å²) in [6, 6.07) is 0. The fourth-order valence-electron chi connectivity index (χ4n) is 12.2. The van der Waals surface area contributed by atoms with Gasteiger partial charge in [0.15, 0.2) is 50.3 Å². The topological polar surface area (TPSA) is 633 Å². The molecule has 0 amide bonds. The normalized spacial score (nSPS) is 53.9. The lowest BCUT2D eigenvalue weighted by molar-refractivity contribution is -0.403. The fraction of sp³-hybridized carbons (Fsp3) is 1.00. The highest BCUT2D eigenvalue weighted by Gasteiger charge is 2.60. The molecule has 16 bridgehead atoms. The molecule has 30 saturated heterocycles. The molecule has 30 rings (SSSR count). The van der Waals surface area contributed by atoms with Crippen molar-refractivity contribution < 1.29 is 198 Å². The van der Waals surface area contributed by atoms with Crippen LogP contribution in [0.25, 0.3) is 0 Å². The molecule has 0 spiro atoms. The summed E-state index contributed by atoms with van der Waals surface area (Å²) in [5.41, 5.74) is 0. The Morgan fingerprint density at radius 1 is 0.187 bits per heavy atom. The first-order chi connectivity index (χ1) is 43.4. The van der Waals surface area contributed by atoms with Crippen molar-refractivity contribution in [2.45, 2.75) is 246 Å².